The van der Waals surface area contributed by atoms with E-state index in [1.165, 1.54) is 9.80 Å². The Labute approximate surface area is 198 Å². The van der Waals surface area contributed by atoms with Gasteiger partial charge in [-0.1, -0.05) is 36.4 Å². The van der Waals surface area contributed by atoms with Gasteiger partial charge in [0.05, 0.1) is 30.1 Å². The normalized spacial score (nSPS) is 32.8. The summed E-state index contributed by atoms with van der Waals surface area (Å²) >= 11 is 6.46. The van der Waals surface area contributed by atoms with Crippen LogP contribution in [0, 0.1) is 11.3 Å². The number of benzene rings is 1. The van der Waals surface area contributed by atoms with Gasteiger partial charge in [-0.25, -0.2) is 8.78 Å². The second kappa shape index (κ2) is 8.35. The first kappa shape index (κ1) is 24.1. The summed E-state index contributed by atoms with van der Waals surface area (Å²) < 4.78 is 36.9. The van der Waals surface area contributed by atoms with E-state index < -0.39 is 35.4 Å². The molecule has 1 aromatic carbocycles. The molecule has 0 radical (unpaired) electrons. The molecule has 8 heteroatoms. The van der Waals surface area contributed by atoms with Crippen LogP contribution in [0.25, 0.3) is 0 Å². The van der Waals surface area contributed by atoms with Crippen LogP contribution >= 0.6 is 11.6 Å². The van der Waals surface area contributed by atoms with E-state index in [1.54, 1.807) is 13.0 Å². The molecule has 3 aliphatic heterocycles. The standard InChI is InChI=1S/C25H31ClF2N2O3/c1-5-21(31)30-14-24(16(30)2)10-11-29(15-25(24,27)28)22(32)19-13-33-23(3,4)12-18(19)17-8-6-7-9-20(17)26/h5-9,16,18-19H,1,10-15H2,2-4H3/t16-,18-,19+,24?/m1/s1. The molecule has 0 N–H and O–H groups in total. The lowest BCUT2D eigenvalue weighted by Gasteiger charge is -2.61. The predicted octanol–water partition coefficient (Wildman–Crippen LogP) is 4.51. The zero-order valence-corrected chi connectivity index (χ0v) is 20.1. The van der Waals surface area contributed by atoms with Gasteiger partial charge in [-0.15, -0.1) is 0 Å². The van der Waals surface area contributed by atoms with Crippen LogP contribution in [-0.2, 0) is 14.3 Å². The highest BCUT2D eigenvalue weighted by molar-refractivity contribution is 6.31. The Morgan fingerprint density at radius 3 is 2.55 bits per heavy atom. The van der Waals surface area contributed by atoms with Crippen LogP contribution in [0.5, 0.6) is 0 Å². The molecule has 5 nitrogen and oxygen atoms in total. The third-order valence-corrected chi connectivity index (χ3v) is 8.25. The summed E-state index contributed by atoms with van der Waals surface area (Å²) in [7, 11) is 0. The Balaban J connectivity index is 1.54. The van der Waals surface area contributed by atoms with E-state index in [0.717, 1.165) is 11.6 Å². The second-order valence-corrected chi connectivity index (χ2v) is 10.6. The molecule has 1 aromatic rings. The molecule has 0 aromatic heterocycles. The van der Waals surface area contributed by atoms with Gasteiger partial charge < -0.3 is 14.5 Å². The van der Waals surface area contributed by atoms with Crippen molar-refractivity contribution in [3.8, 4) is 0 Å². The minimum atomic E-state index is -3.10. The minimum Gasteiger partial charge on any atom is -0.375 e. The number of hydrogen-bond acceptors (Lipinski definition) is 3. The molecule has 3 aliphatic rings. The molecular weight excluding hydrogens is 450 g/mol. The van der Waals surface area contributed by atoms with Crippen molar-refractivity contribution < 1.29 is 23.1 Å². The molecule has 4 atom stereocenters. The van der Waals surface area contributed by atoms with Gasteiger partial charge in [0, 0.05) is 30.1 Å². The highest BCUT2D eigenvalue weighted by atomic mass is 35.5. The zero-order chi connectivity index (χ0) is 24.2. The number of alkyl halides is 2. The Morgan fingerprint density at radius 2 is 1.94 bits per heavy atom. The maximum Gasteiger partial charge on any atom is 0.274 e. The molecule has 180 valence electrons. The lowest BCUT2D eigenvalue weighted by atomic mass is 9.63. The molecule has 1 spiro atoms. The summed E-state index contributed by atoms with van der Waals surface area (Å²) in [6.07, 6.45) is 1.86. The minimum absolute atomic E-state index is 0.0168. The monoisotopic (exact) mass is 480 g/mol. The van der Waals surface area contributed by atoms with Crippen LogP contribution < -0.4 is 0 Å². The number of piperidine rings is 1. The third kappa shape index (κ3) is 3.97. The van der Waals surface area contributed by atoms with Gasteiger partial charge in [-0.05, 0) is 51.3 Å². The van der Waals surface area contributed by atoms with E-state index in [0.29, 0.717) is 11.4 Å². The fourth-order valence-corrected chi connectivity index (χ4v) is 6.05. The topological polar surface area (TPSA) is 49.9 Å². The van der Waals surface area contributed by atoms with E-state index >= 15 is 8.78 Å². The quantitative estimate of drug-likeness (QED) is 0.598. The summed E-state index contributed by atoms with van der Waals surface area (Å²) in [5, 5.41) is 0.566. The number of ether oxygens (including phenoxy) is 1. The van der Waals surface area contributed by atoms with Crippen molar-refractivity contribution in [2.24, 2.45) is 11.3 Å². The number of rotatable bonds is 3. The number of nitrogens with zero attached hydrogens (tertiary/aromatic N) is 2. The first-order chi connectivity index (χ1) is 15.4. The van der Waals surface area contributed by atoms with Crippen LogP contribution in [0.2, 0.25) is 5.02 Å². The first-order valence-corrected chi connectivity index (χ1v) is 11.8. The summed E-state index contributed by atoms with van der Waals surface area (Å²) in [4.78, 5) is 28.2. The molecule has 4 rings (SSSR count). The van der Waals surface area contributed by atoms with Crippen molar-refractivity contribution >= 4 is 23.4 Å². The highest BCUT2D eigenvalue weighted by Crippen LogP contribution is 2.54. The van der Waals surface area contributed by atoms with Crippen LogP contribution in [0.15, 0.2) is 36.9 Å². The smallest absolute Gasteiger partial charge is 0.274 e. The van der Waals surface area contributed by atoms with Crippen molar-refractivity contribution in [1.29, 1.82) is 0 Å². The van der Waals surface area contributed by atoms with Gasteiger partial charge in [0.15, 0.2) is 0 Å². The maximum absolute atomic E-state index is 15.5. The fraction of sp³-hybridized carbons (Fsp3) is 0.600. The van der Waals surface area contributed by atoms with Crippen molar-refractivity contribution in [3.05, 3.63) is 47.5 Å². The Morgan fingerprint density at radius 1 is 1.24 bits per heavy atom. The SMILES string of the molecule is C=CC(=O)N1CC2(CCN(C(=O)[C@H]3COC(C)(C)C[C@@H]3c3ccccc3Cl)CC2(F)F)[C@H]1C. The fourth-order valence-electron chi connectivity index (χ4n) is 5.78. The van der Waals surface area contributed by atoms with Crippen molar-refractivity contribution in [2.75, 3.05) is 26.2 Å². The molecule has 3 fully saturated rings. The molecule has 0 aliphatic carbocycles. The predicted molar refractivity (Wildman–Crippen MR) is 122 cm³/mol. The molecule has 33 heavy (non-hydrogen) atoms. The number of amides is 2. The molecule has 0 saturated carbocycles. The van der Waals surface area contributed by atoms with E-state index in [-0.39, 0.29) is 43.8 Å². The molecule has 0 bridgehead atoms. The Hall–Kier alpha value is -1.99. The number of carbonyl (C=O) groups excluding carboxylic acids is 2. The van der Waals surface area contributed by atoms with Gasteiger partial charge in [0.25, 0.3) is 5.92 Å². The summed E-state index contributed by atoms with van der Waals surface area (Å²) in [6, 6.07) is 6.78. The average Bonchev–Trinajstić information content (AvgIpc) is 2.76. The molecule has 3 heterocycles. The van der Waals surface area contributed by atoms with Crippen molar-refractivity contribution in [2.45, 2.75) is 57.1 Å². The van der Waals surface area contributed by atoms with Crippen LogP contribution in [0.4, 0.5) is 8.78 Å². The number of hydrogen-bond donors (Lipinski definition) is 0. The lowest BCUT2D eigenvalue weighted by Crippen LogP contribution is -2.75. The average molecular weight is 481 g/mol. The lowest BCUT2D eigenvalue weighted by molar-refractivity contribution is -0.246. The third-order valence-electron chi connectivity index (χ3n) is 7.91. The molecule has 3 saturated heterocycles. The number of likely N-dealkylation sites (tertiary alicyclic amines) is 2. The molecule has 2 amide bonds. The number of halogens is 3. The molecular formula is C25H31ClF2N2O3. The van der Waals surface area contributed by atoms with E-state index in [1.807, 2.05) is 32.0 Å². The van der Waals surface area contributed by atoms with Crippen LogP contribution in [-0.4, -0.2) is 65.4 Å². The Kier molecular flexibility index (Phi) is 6.11. The van der Waals surface area contributed by atoms with Crippen LogP contribution in [0.3, 0.4) is 0 Å². The summed E-state index contributed by atoms with van der Waals surface area (Å²) in [5.41, 5.74) is -0.908. The van der Waals surface area contributed by atoms with Gasteiger partial charge >= 0.3 is 0 Å². The van der Waals surface area contributed by atoms with E-state index in [9.17, 15) is 9.59 Å². The maximum atomic E-state index is 15.5. The van der Waals surface area contributed by atoms with Crippen molar-refractivity contribution in [3.63, 3.8) is 0 Å². The van der Waals surface area contributed by atoms with Crippen LogP contribution in [0.1, 0.15) is 45.1 Å². The van der Waals surface area contributed by atoms with Gasteiger partial charge in [-0.2, -0.15) is 0 Å². The largest absolute Gasteiger partial charge is 0.375 e. The highest BCUT2D eigenvalue weighted by Gasteiger charge is 2.68. The molecule has 1 unspecified atom stereocenters. The number of carbonyl (C=O) groups is 2. The van der Waals surface area contributed by atoms with Crippen molar-refractivity contribution in [1.82, 2.24) is 9.80 Å². The van der Waals surface area contributed by atoms with E-state index in [2.05, 4.69) is 6.58 Å². The van der Waals surface area contributed by atoms with Gasteiger partial charge in [0.2, 0.25) is 11.8 Å². The summed E-state index contributed by atoms with van der Waals surface area (Å²) in [5.74, 6) is -4.57. The zero-order valence-electron chi connectivity index (χ0n) is 19.3. The second-order valence-electron chi connectivity index (χ2n) is 10.2. The van der Waals surface area contributed by atoms with Gasteiger partial charge in [0.1, 0.15) is 0 Å². The Bertz CT molecular complexity index is 969. The first-order valence-electron chi connectivity index (χ1n) is 11.4. The van der Waals surface area contributed by atoms with E-state index in [4.69, 9.17) is 16.3 Å². The summed E-state index contributed by atoms with van der Waals surface area (Å²) in [6.45, 7) is 8.75. The van der Waals surface area contributed by atoms with Gasteiger partial charge in [-0.3, -0.25) is 9.59 Å².